The van der Waals surface area contributed by atoms with Crippen molar-refractivity contribution in [1.29, 1.82) is 0 Å². The molecule has 1 unspecified atom stereocenters. The van der Waals surface area contributed by atoms with E-state index in [4.69, 9.17) is 14.2 Å². The van der Waals surface area contributed by atoms with Crippen molar-refractivity contribution in [2.24, 2.45) is 4.99 Å². The highest BCUT2D eigenvalue weighted by Crippen LogP contribution is 2.35. The van der Waals surface area contributed by atoms with Gasteiger partial charge < -0.3 is 14.2 Å². The van der Waals surface area contributed by atoms with Gasteiger partial charge in [0.15, 0.2) is 5.78 Å². The predicted molar refractivity (Wildman–Crippen MR) is 114 cm³/mol. The first-order chi connectivity index (χ1) is 14.6. The van der Waals surface area contributed by atoms with Crippen molar-refractivity contribution in [2.45, 2.75) is 6.10 Å². The lowest BCUT2D eigenvalue weighted by Gasteiger charge is -2.14. The van der Waals surface area contributed by atoms with E-state index in [1.165, 1.54) is 18.1 Å². The molecule has 0 amide bonds. The Morgan fingerprint density at radius 2 is 1.83 bits per heavy atom. The number of aromatic nitrogens is 4. The molecule has 156 valence electrons. The van der Waals surface area contributed by atoms with Crippen molar-refractivity contribution >= 4 is 27.9 Å². The quantitative estimate of drug-likeness (QED) is 0.440. The molecule has 0 saturated carbocycles. The molecule has 0 bridgehead atoms. The average molecular weight is 474 g/mol. The second-order valence-corrected chi connectivity index (χ2v) is 6.93. The van der Waals surface area contributed by atoms with Crippen LogP contribution in [-0.4, -0.2) is 60.1 Å². The maximum Gasteiger partial charge on any atom is 0.187 e. The normalized spacial score (nSPS) is 12.1. The molecule has 10 heteroatoms. The molecule has 0 aliphatic carbocycles. The molecule has 0 N–H and O–H groups in total. The number of benzene rings is 2. The highest BCUT2D eigenvalue weighted by atomic mass is 79.9. The Morgan fingerprint density at radius 3 is 2.37 bits per heavy atom. The summed E-state index contributed by atoms with van der Waals surface area (Å²) in [7, 11) is 4.63. The Hall–Kier alpha value is -3.11. The second kappa shape index (κ2) is 10.1. The van der Waals surface area contributed by atoms with Crippen LogP contribution in [0.15, 0.2) is 52.2 Å². The van der Waals surface area contributed by atoms with Gasteiger partial charge >= 0.3 is 0 Å². The van der Waals surface area contributed by atoms with Crippen LogP contribution in [0.25, 0.3) is 5.69 Å². The van der Waals surface area contributed by atoms with Crippen LogP contribution >= 0.6 is 15.9 Å². The monoisotopic (exact) mass is 473 g/mol. The summed E-state index contributed by atoms with van der Waals surface area (Å²) in [5.41, 5.74) is 2.25. The fraction of sp³-hybridized carbons (Fsp3) is 0.250. The maximum absolute atomic E-state index is 12.6. The van der Waals surface area contributed by atoms with Crippen molar-refractivity contribution in [1.82, 2.24) is 20.2 Å². The number of hydrogen-bond donors (Lipinski definition) is 0. The van der Waals surface area contributed by atoms with Crippen LogP contribution in [0.1, 0.15) is 17.2 Å². The highest BCUT2D eigenvalue weighted by Gasteiger charge is 2.19. The van der Waals surface area contributed by atoms with Crippen molar-refractivity contribution < 1.29 is 19.0 Å². The Kier molecular flexibility index (Phi) is 7.26. The van der Waals surface area contributed by atoms with E-state index in [2.05, 4.69) is 36.4 Å². The van der Waals surface area contributed by atoms with Crippen LogP contribution in [0, 0.1) is 0 Å². The highest BCUT2D eigenvalue weighted by molar-refractivity contribution is 9.10. The average Bonchev–Trinajstić information content (AvgIpc) is 3.30. The molecule has 1 heterocycles. The number of tetrazole rings is 1. The summed E-state index contributed by atoms with van der Waals surface area (Å²) < 4.78 is 18.3. The number of methoxy groups -OCH3 is 3. The van der Waals surface area contributed by atoms with Gasteiger partial charge in [0.1, 0.15) is 34.9 Å². The molecule has 3 rings (SSSR count). The molecular weight excluding hydrogens is 454 g/mol. The summed E-state index contributed by atoms with van der Waals surface area (Å²) in [6.45, 7) is -0.0338. The number of aliphatic imine (C=N–C) groups is 1. The lowest BCUT2D eigenvalue weighted by atomic mass is 10.0. The van der Waals surface area contributed by atoms with Crippen molar-refractivity contribution in [2.75, 3.05) is 27.9 Å². The third-order valence-corrected chi connectivity index (χ3v) is 5.07. The third-order valence-electron chi connectivity index (χ3n) is 4.29. The molecule has 2 aromatic carbocycles. The lowest BCUT2D eigenvalue weighted by Crippen LogP contribution is -2.17. The van der Waals surface area contributed by atoms with Gasteiger partial charge in [0, 0.05) is 13.3 Å². The van der Waals surface area contributed by atoms with Gasteiger partial charge in [-0.25, -0.2) is 4.68 Å². The lowest BCUT2D eigenvalue weighted by molar-refractivity contribution is -0.127. The van der Waals surface area contributed by atoms with E-state index in [0.717, 1.165) is 16.8 Å². The minimum absolute atomic E-state index is 0.0338. The number of ketones is 1. The molecule has 0 aliphatic rings. The van der Waals surface area contributed by atoms with Crippen LogP contribution in [0.2, 0.25) is 0 Å². The van der Waals surface area contributed by atoms with Gasteiger partial charge in [-0.2, -0.15) is 0 Å². The molecule has 0 fully saturated rings. The zero-order chi connectivity index (χ0) is 21.5. The summed E-state index contributed by atoms with van der Waals surface area (Å²) in [4.78, 5) is 16.9. The fourth-order valence-electron chi connectivity index (χ4n) is 2.82. The van der Waals surface area contributed by atoms with Crippen LogP contribution in [0.5, 0.6) is 11.5 Å². The number of carbonyl (C=O) groups is 1. The smallest absolute Gasteiger partial charge is 0.187 e. The van der Waals surface area contributed by atoms with Crippen molar-refractivity contribution in [3.05, 3.63) is 58.3 Å². The molecule has 9 nitrogen and oxygen atoms in total. The van der Waals surface area contributed by atoms with Gasteiger partial charge in [0.2, 0.25) is 0 Å². The number of halogens is 1. The Labute approximate surface area is 181 Å². The maximum atomic E-state index is 12.6. The number of ether oxygens (including phenoxy) is 3. The van der Waals surface area contributed by atoms with Crippen molar-refractivity contribution in [3.63, 3.8) is 0 Å². The van der Waals surface area contributed by atoms with E-state index in [0.29, 0.717) is 16.0 Å². The van der Waals surface area contributed by atoms with Gasteiger partial charge in [-0.3, -0.25) is 9.79 Å². The summed E-state index contributed by atoms with van der Waals surface area (Å²) in [6, 6.07) is 10.8. The van der Waals surface area contributed by atoms with E-state index >= 15 is 0 Å². The molecule has 30 heavy (non-hydrogen) atoms. The zero-order valence-electron chi connectivity index (χ0n) is 16.7. The Balaban J connectivity index is 1.70. The van der Waals surface area contributed by atoms with Crippen LogP contribution in [0.3, 0.4) is 0 Å². The number of hydrogen-bond acceptors (Lipinski definition) is 8. The van der Waals surface area contributed by atoms with E-state index in [1.54, 1.807) is 44.7 Å². The van der Waals surface area contributed by atoms with Crippen LogP contribution in [-0.2, 0) is 9.53 Å². The van der Waals surface area contributed by atoms with Crippen LogP contribution < -0.4 is 9.47 Å². The third kappa shape index (κ3) is 4.89. The first-order valence-electron chi connectivity index (χ1n) is 8.87. The Bertz CT molecular complexity index is 997. The largest absolute Gasteiger partial charge is 0.495 e. The first kappa shape index (κ1) is 21.6. The minimum atomic E-state index is -0.723. The summed E-state index contributed by atoms with van der Waals surface area (Å²) in [6.07, 6.45) is 2.37. The van der Waals surface area contributed by atoms with Gasteiger partial charge in [-0.15, -0.1) is 5.10 Å². The molecule has 1 aromatic heterocycles. The molecule has 0 spiro atoms. The molecule has 0 saturated heterocycles. The first-order valence-corrected chi connectivity index (χ1v) is 9.66. The molecular formula is C20H20BrN5O4. The predicted octanol–water partition coefficient (Wildman–Crippen LogP) is 2.82. The number of rotatable bonds is 9. The molecule has 0 radical (unpaired) electrons. The van der Waals surface area contributed by atoms with Crippen molar-refractivity contribution in [3.8, 4) is 17.2 Å². The van der Waals surface area contributed by atoms with E-state index < -0.39 is 6.10 Å². The SMILES string of the molecule is COc1cc(C=NCC(=O)C(OC)c2ccc(-n3cnnn3)cc2)cc(OC)c1Br. The summed E-state index contributed by atoms with van der Waals surface area (Å²) >= 11 is 3.42. The number of nitrogens with zero attached hydrogens (tertiary/aromatic N) is 5. The summed E-state index contributed by atoms with van der Waals surface area (Å²) in [5.74, 6) is 1.05. The van der Waals surface area contributed by atoms with Gasteiger partial charge in [-0.1, -0.05) is 12.1 Å². The topological polar surface area (TPSA) is 101 Å². The van der Waals surface area contributed by atoms with E-state index in [-0.39, 0.29) is 12.3 Å². The summed E-state index contributed by atoms with van der Waals surface area (Å²) in [5, 5.41) is 11.0. The van der Waals surface area contributed by atoms with Gasteiger partial charge in [0.25, 0.3) is 0 Å². The van der Waals surface area contributed by atoms with Crippen LogP contribution in [0.4, 0.5) is 0 Å². The van der Waals surface area contributed by atoms with E-state index in [9.17, 15) is 4.79 Å². The number of Topliss-reactive ketones (excluding diaryl/α,β-unsaturated/α-hetero) is 1. The minimum Gasteiger partial charge on any atom is -0.495 e. The molecule has 0 aliphatic heterocycles. The Morgan fingerprint density at radius 1 is 1.17 bits per heavy atom. The van der Waals surface area contributed by atoms with E-state index in [1.807, 2.05) is 12.1 Å². The van der Waals surface area contributed by atoms with Gasteiger partial charge in [-0.05, 0) is 61.7 Å². The zero-order valence-corrected chi connectivity index (χ0v) is 18.2. The fourth-order valence-corrected chi connectivity index (χ4v) is 3.38. The number of carbonyl (C=O) groups excluding carboxylic acids is 1. The molecule has 1 atom stereocenters. The molecule has 3 aromatic rings. The second-order valence-electron chi connectivity index (χ2n) is 6.14. The standard InChI is InChI=1S/C20H20BrN5O4/c1-28-17-8-13(9-18(29-2)19(17)21)10-22-11-16(27)20(30-3)14-4-6-15(7-5-14)26-12-23-24-25-26/h4-10,12,20H,11H2,1-3H3. The van der Waals surface area contributed by atoms with Gasteiger partial charge in [0.05, 0.1) is 19.9 Å².